The van der Waals surface area contributed by atoms with Crippen molar-refractivity contribution in [3.05, 3.63) is 48.5 Å². The molecule has 98 valence electrons. The summed E-state index contributed by atoms with van der Waals surface area (Å²) in [5.74, 6) is 0. The minimum absolute atomic E-state index is 0.0103. The van der Waals surface area contributed by atoms with Gasteiger partial charge in [-0.1, -0.05) is 48.5 Å². The van der Waals surface area contributed by atoms with Gasteiger partial charge in [-0.25, -0.2) is 8.42 Å². The highest BCUT2D eigenvalue weighted by Crippen LogP contribution is 2.25. The van der Waals surface area contributed by atoms with Gasteiger partial charge in [0.15, 0.2) is 9.84 Å². The van der Waals surface area contributed by atoms with Gasteiger partial charge in [0.2, 0.25) is 0 Å². The molecule has 4 nitrogen and oxygen atoms in total. The van der Waals surface area contributed by atoms with Crippen molar-refractivity contribution in [3.63, 3.8) is 0 Å². The smallest absolute Gasteiger partial charge is 0.423 e. The van der Waals surface area contributed by atoms with Crippen LogP contribution in [0.1, 0.15) is 0 Å². The van der Waals surface area contributed by atoms with E-state index in [4.69, 9.17) is 0 Å². The maximum atomic E-state index is 11.9. The molecule has 0 saturated carbocycles. The molecule has 0 unspecified atom stereocenters. The molecule has 0 heterocycles. The standard InChI is InChI=1S/C13H13BO4S/c1-19(17,18)13-11(10-6-3-2-4-7-10)8-5-9-12(13)14(15)16/h2-9,15-16H,1H3. The van der Waals surface area contributed by atoms with Gasteiger partial charge in [-0.3, -0.25) is 0 Å². The third-order valence-electron chi connectivity index (χ3n) is 2.78. The topological polar surface area (TPSA) is 74.6 Å². The first-order chi connectivity index (χ1) is 8.91. The summed E-state index contributed by atoms with van der Waals surface area (Å²) in [5, 5.41) is 18.7. The van der Waals surface area contributed by atoms with E-state index in [1.54, 1.807) is 36.4 Å². The number of hydrogen-bond acceptors (Lipinski definition) is 4. The summed E-state index contributed by atoms with van der Waals surface area (Å²) in [4.78, 5) is -0.0452. The van der Waals surface area contributed by atoms with Crippen molar-refractivity contribution in [2.45, 2.75) is 4.90 Å². The molecule has 19 heavy (non-hydrogen) atoms. The van der Waals surface area contributed by atoms with Crippen LogP contribution in [0.4, 0.5) is 0 Å². The molecule has 0 saturated heterocycles. The Balaban J connectivity index is 2.79. The molecule has 0 aromatic heterocycles. The molecule has 0 atom stereocenters. The van der Waals surface area contributed by atoms with E-state index in [9.17, 15) is 18.5 Å². The molecule has 0 amide bonds. The number of benzene rings is 2. The van der Waals surface area contributed by atoms with Gasteiger partial charge in [0.1, 0.15) is 0 Å². The molecule has 0 fully saturated rings. The van der Waals surface area contributed by atoms with Crippen LogP contribution >= 0.6 is 0 Å². The molecule has 0 aliphatic heterocycles. The van der Waals surface area contributed by atoms with Crippen molar-refractivity contribution < 1.29 is 18.5 Å². The second kappa shape index (κ2) is 5.17. The van der Waals surface area contributed by atoms with Crippen molar-refractivity contribution in [2.24, 2.45) is 0 Å². The highest BCUT2D eigenvalue weighted by molar-refractivity contribution is 7.91. The second-order valence-corrected chi connectivity index (χ2v) is 6.19. The first-order valence-electron chi connectivity index (χ1n) is 5.66. The Morgan fingerprint density at radius 1 is 0.947 bits per heavy atom. The Bertz CT molecular complexity index is 681. The van der Waals surface area contributed by atoms with Crippen molar-refractivity contribution in [1.82, 2.24) is 0 Å². The Labute approximate surface area is 112 Å². The van der Waals surface area contributed by atoms with E-state index >= 15 is 0 Å². The van der Waals surface area contributed by atoms with E-state index in [2.05, 4.69) is 0 Å². The lowest BCUT2D eigenvalue weighted by Gasteiger charge is -2.13. The maximum absolute atomic E-state index is 11.9. The summed E-state index contributed by atoms with van der Waals surface area (Å²) in [7, 11) is -5.40. The molecule has 2 rings (SSSR count). The van der Waals surface area contributed by atoms with Crippen LogP contribution < -0.4 is 5.46 Å². The zero-order valence-electron chi connectivity index (χ0n) is 10.3. The number of sulfone groups is 1. The Kier molecular flexibility index (Phi) is 3.75. The van der Waals surface area contributed by atoms with Crippen molar-refractivity contribution >= 4 is 22.4 Å². The largest absolute Gasteiger partial charge is 0.489 e. The zero-order valence-corrected chi connectivity index (χ0v) is 11.1. The molecule has 2 aromatic rings. The van der Waals surface area contributed by atoms with Crippen LogP contribution in [0.15, 0.2) is 53.4 Å². The highest BCUT2D eigenvalue weighted by Gasteiger charge is 2.25. The van der Waals surface area contributed by atoms with Gasteiger partial charge in [-0.15, -0.1) is 0 Å². The summed E-state index contributed by atoms with van der Waals surface area (Å²) < 4.78 is 23.9. The first-order valence-corrected chi connectivity index (χ1v) is 7.55. The number of rotatable bonds is 3. The fourth-order valence-corrected chi connectivity index (χ4v) is 3.20. The van der Waals surface area contributed by atoms with Crippen LogP contribution in [0.3, 0.4) is 0 Å². The van der Waals surface area contributed by atoms with Crippen LogP contribution in [0.25, 0.3) is 11.1 Å². The molecular formula is C13H13BO4S. The zero-order chi connectivity index (χ0) is 14.0. The Morgan fingerprint density at radius 2 is 1.58 bits per heavy atom. The van der Waals surface area contributed by atoms with E-state index in [1.165, 1.54) is 6.07 Å². The predicted octanol–water partition coefficient (Wildman–Crippen LogP) is 0.437. The summed E-state index contributed by atoms with van der Waals surface area (Å²) in [5.41, 5.74) is 1.17. The lowest BCUT2D eigenvalue weighted by Crippen LogP contribution is -2.34. The average Bonchev–Trinajstić information content (AvgIpc) is 2.38. The number of hydrogen-bond donors (Lipinski definition) is 2. The fourth-order valence-electron chi connectivity index (χ4n) is 2.02. The summed E-state index contributed by atoms with van der Waals surface area (Å²) >= 11 is 0. The molecule has 0 spiro atoms. The minimum Gasteiger partial charge on any atom is -0.423 e. The Morgan fingerprint density at radius 3 is 2.11 bits per heavy atom. The average molecular weight is 276 g/mol. The summed E-state index contributed by atoms with van der Waals surface area (Å²) in [6.45, 7) is 0. The molecule has 0 aliphatic rings. The predicted molar refractivity (Wildman–Crippen MR) is 74.8 cm³/mol. The molecule has 2 N–H and O–H groups in total. The van der Waals surface area contributed by atoms with Gasteiger partial charge in [0.25, 0.3) is 0 Å². The van der Waals surface area contributed by atoms with Gasteiger partial charge < -0.3 is 10.0 Å². The van der Waals surface area contributed by atoms with Gasteiger partial charge >= 0.3 is 7.12 Å². The highest BCUT2D eigenvalue weighted by atomic mass is 32.2. The van der Waals surface area contributed by atoms with E-state index in [0.717, 1.165) is 6.26 Å². The normalized spacial score (nSPS) is 11.3. The third kappa shape index (κ3) is 2.86. The van der Waals surface area contributed by atoms with Gasteiger partial charge in [-0.2, -0.15) is 0 Å². The quantitative estimate of drug-likeness (QED) is 0.798. The summed E-state index contributed by atoms with van der Waals surface area (Å²) in [6, 6.07) is 13.6. The maximum Gasteiger partial charge on any atom is 0.489 e. The molecule has 0 bridgehead atoms. The summed E-state index contributed by atoms with van der Waals surface area (Å²) in [6.07, 6.45) is 1.06. The molecule has 0 radical (unpaired) electrons. The van der Waals surface area contributed by atoms with Crippen LogP contribution in [-0.2, 0) is 9.84 Å². The molecule has 6 heteroatoms. The lowest BCUT2D eigenvalue weighted by molar-refractivity contribution is 0.424. The monoisotopic (exact) mass is 276 g/mol. The van der Waals surface area contributed by atoms with E-state index in [-0.39, 0.29) is 10.4 Å². The van der Waals surface area contributed by atoms with Gasteiger partial charge in [0.05, 0.1) is 4.90 Å². The second-order valence-electron chi connectivity index (χ2n) is 4.24. The van der Waals surface area contributed by atoms with E-state index in [1.807, 2.05) is 6.07 Å². The van der Waals surface area contributed by atoms with Crippen LogP contribution in [0, 0.1) is 0 Å². The van der Waals surface area contributed by atoms with Gasteiger partial charge in [0, 0.05) is 11.7 Å². The van der Waals surface area contributed by atoms with E-state index in [0.29, 0.717) is 11.1 Å². The van der Waals surface area contributed by atoms with Crippen molar-refractivity contribution in [1.29, 1.82) is 0 Å². The third-order valence-corrected chi connectivity index (χ3v) is 3.98. The van der Waals surface area contributed by atoms with Crippen LogP contribution in [-0.4, -0.2) is 31.8 Å². The lowest BCUT2D eigenvalue weighted by atomic mass is 9.79. The minimum atomic E-state index is -3.58. The molecule has 2 aromatic carbocycles. The molecule has 0 aliphatic carbocycles. The van der Waals surface area contributed by atoms with Crippen LogP contribution in [0.5, 0.6) is 0 Å². The first kappa shape index (κ1) is 13.8. The van der Waals surface area contributed by atoms with E-state index < -0.39 is 17.0 Å². The van der Waals surface area contributed by atoms with Crippen molar-refractivity contribution in [2.75, 3.05) is 6.26 Å². The van der Waals surface area contributed by atoms with Crippen LogP contribution in [0.2, 0.25) is 0 Å². The SMILES string of the molecule is CS(=O)(=O)c1c(B(O)O)cccc1-c1ccccc1. The van der Waals surface area contributed by atoms with Crippen molar-refractivity contribution in [3.8, 4) is 11.1 Å². The fraction of sp³-hybridized carbons (Fsp3) is 0.0769. The Hall–Kier alpha value is -1.63. The molecular weight excluding hydrogens is 263 g/mol. The van der Waals surface area contributed by atoms with Gasteiger partial charge in [-0.05, 0) is 11.1 Å².